The van der Waals surface area contributed by atoms with Crippen LogP contribution in [-0.2, 0) is 16.6 Å². The molecule has 0 bridgehead atoms. The molecule has 0 radical (unpaired) electrons. The number of benzene rings is 1. The summed E-state index contributed by atoms with van der Waals surface area (Å²) in [5, 5.41) is 12.4. The van der Waals surface area contributed by atoms with Gasteiger partial charge in [0.2, 0.25) is 11.8 Å². The Bertz CT molecular complexity index is 963. The monoisotopic (exact) mass is 367 g/mol. The van der Waals surface area contributed by atoms with Crippen molar-refractivity contribution in [2.75, 3.05) is 5.32 Å². The highest BCUT2D eigenvalue weighted by Crippen LogP contribution is 2.32. The molecule has 1 aromatic carbocycles. The lowest BCUT2D eigenvalue weighted by Crippen LogP contribution is -2.37. The fourth-order valence-corrected chi connectivity index (χ4v) is 3.66. The Morgan fingerprint density at radius 3 is 2.88 bits per heavy atom. The maximum Gasteiger partial charge on any atom is 0.248 e. The minimum absolute atomic E-state index is 0.0900. The van der Waals surface area contributed by atoms with Gasteiger partial charge in [-0.1, -0.05) is 30.3 Å². The SMILES string of the molecule is Cn1cc(-c2csc(NC(=O)[C@@H]3CCC(=O)N3)n2)c(-c2ccccc2)n1. The van der Waals surface area contributed by atoms with E-state index in [9.17, 15) is 9.59 Å². The summed E-state index contributed by atoms with van der Waals surface area (Å²) < 4.78 is 1.75. The van der Waals surface area contributed by atoms with Crippen molar-refractivity contribution in [2.24, 2.45) is 7.05 Å². The second kappa shape index (κ2) is 6.72. The number of carbonyl (C=O) groups excluding carboxylic acids is 2. The molecule has 3 aromatic rings. The Morgan fingerprint density at radius 1 is 1.35 bits per heavy atom. The van der Waals surface area contributed by atoms with Gasteiger partial charge in [-0.3, -0.25) is 14.3 Å². The molecule has 1 atom stereocenters. The van der Waals surface area contributed by atoms with Gasteiger partial charge < -0.3 is 10.6 Å². The lowest BCUT2D eigenvalue weighted by atomic mass is 10.1. The topological polar surface area (TPSA) is 88.9 Å². The minimum atomic E-state index is -0.479. The molecule has 0 spiro atoms. The van der Waals surface area contributed by atoms with Gasteiger partial charge in [-0.2, -0.15) is 5.10 Å². The molecule has 0 saturated carbocycles. The van der Waals surface area contributed by atoms with Gasteiger partial charge in [0.05, 0.1) is 5.69 Å². The summed E-state index contributed by atoms with van der Waals surface area (Å²) in [6, 6.07) is 9.43. The van der Waals surface area contributed by atoms with Crippen molar-refractivity contribution in [3.05, 3.63) is 41.9 Å². The largest absolute Gasteiger partial charge is 0.344 e. The maximum absolute atomic E-state index is 12.2. The molecular formula is C18H17N5O2S. The summed E-state index contributed by atoms with van der Waals surface area (Å²) in [5.74, 6) is -0.320. The number of rotatable bonds is 4. The zero-order valence-corrected chi connectivity index (χ0v) is 14.9. The molecule has 1 fully saturated rings. The van der Waals surface area contributed by atoms with E-state index in [1.165, 1.54) is 11.3 Å². The summed E-state index contributed by atoms with van der Waals surface area (Å²) in [6.07, 6.45) is 2.82. The molecule has 2 N–H and O–H groups in total. The van der Waals surface area contributed by atoms with Gasteiger partial charge in [-0.05, 0) is 6.42 Å². The average Bonchev–Trinajstić information content (AvgIpc) is 3.35. The van der Waals surface area contributed by atoms with E-state index >= 15 is 0 Å². The van der Waals surface area contributed by atoms with E-state index in [0.717, 1.165) is 22.5 Å². The zero-order valence-electron chi connectivity index (χ0n) is 14.1. The summed E-state index contributed by atoms with van der Waals surface area (Å²) >= 11 is 1.35. The van der Waals surface area contributed by atoms with Crippen LogP contribution < -0.4 is 10.6 Å². The number of aromatic nitrogens is 3. The van der Waals surface area contributed by atoms with E-state index in [1.54, 1.807) is 4.68 Å². The number of hydrogen-bond acceptors (Lipinski definition) is 5. The predicted molar refractivity (Wildman–Crippen MR) is 99.5 cm³/mol. The normalized spacial score (nSPS) is 16.5. The van der Waals surface area contributed by atoms with Crippen LogP contribution in [0.4, 0.5) is 5.13 Å². The molecule has 132 valence electrons. The molecule has 1 aliphatic rings. The van der Waals surface area contributed by atoms with Gasteiger partial charge in [0.15, 0.2) is 5.13 Å². The van der Waals surface area contributed by atoms with Crippen LogP contribution in [0.25, 0.3) is 22.5 Å². The Kier molecular flexibility index (Phi) is 4.26. The Hall–Kier alpha value is -3.00. The third-order valence-electron chi connectivity index (χ3n) is 4.20. The number of hydrogen-bond donors (Lipinski definition) is 2. The van der Waals surface area contributed by atoms with Crippen LogP contribution in [0.15, 0.2) is 41.9 Å². The van der Waals surface area contributed by atoms with Crippen LogP contribution in [0.5, 0.6) is 0 Å². The van der Waals surface area contributed by atoms with Crippen molar-refractivity contribution in [1.29, 1.82) is 0 Å². The molecule has 1 aliphatic heterocycles. The van der Waals surface area contributed by atoms with Crippen LogP contribution in [0.3, 0.4) is 0 Å². The molecule has 4 rings (SSSR count). The molecule has 2 aromatic heterocycles. The Balaban J connectivity index is 1.57. The Morgan fingerprint density at radius 2 is 2.15 bits per heavy atom. The summed E-state index contributed by atoms with van der Waals surface area (Å²) in [4.78, 5) is 28.0. The molecule has 26 heavy (non-hydrogen) atoms. The molecular weight excluding hydrogens is 350 g/mol. The van der Waals surface area contributed by atoms with Crippen molar-refractivity contribution < 1.29 is 9.59 Å². The zero-order chi connectivity index (χ0) is 18.1. The van der Waals surface area contributed by atoms with E-state index < -0.39 is 6.04 Å². The van der Waals surface area contributed by atoms with Gasteiger partial charge in [-0.15, -0.1) is 11.3 Å². The second-order valence-corrected chi connectivity index (χ2v) is 6.98. The van der Waals surface area contributed by atoms with E-state index in [0.29, 0.717) is 18.0 Å². The van der Waals surface area contributed by atoms with E-state index in [1.807, 2.05) is 49.0 Å². The predicted octanol–water partition coefficient (Wildman–Crippen LogP) is 2.43. The van der Waals surface area contributed by atoms with Crippen LogP contribution in [0, 0.1) is 0 Å². The summed E-state index contributed by atoms with van der Waals surface area (Å²) in [6.45, 7) is 0. The van der Waals surface area contributed by atoms with Gasteiger partial charge >= 0.3 is 0 Å². The number of thiazole rings is 1. The number of carbonyl (C=O) groups is 2. The third-order valence-corrected chi connectivity index (χ3v) is 4.96. The fourth-order valence-electron chi connectivity index (χ4n) is 2.94. The smallest absolute Gasteiger partial charge is 0.248 e. The van der Waals surface area contributed by atoms with Crippen molar-refractivity contribution in [1.82, 2.24) is 20.1 Å². The standard InChI is InChI=1S/C18H17N5O2S/c1-23-9-12(16(22-23)11-5-3-2-4-6-11)14-10-26-18(20-14)21-17(25)13-7-8-15(24)19-13/h2-6,9-10,13H,7-8H2,1H3,(H,19,24)(H,20,21,25)/t13-/m0/s1. The highest BCUT2D eigenvalue weighted by molar-refractivity contribution is 7.14. The average molecular weight is 367 g/mol. The van der Waals surface area contributed by atoms with E-state index in [-0.39, 0.29) is 11.8 Å². The molecule has 3 heterocycles. The first-order valence-corrected chi connectivity index (χ1v) is 9.13. The molecule has 1 saturated heterocycles. The van der Waals surface area contributed by atoms with Crippen LogP contribution in [-0.4, -0.2) is 32.6 Å². The first kappa shape index (κ1) is 16.5. The van der Waals surface area contributed by atoms with Crippen LogP contribution in [0.1, 0.15) is 12.8 Å². The summed E-state index contributed by atoms with van der Waals surface area (Å²) in [7, 11) is 1.87. The lowest BCUT2D eigenvalue weighted by Gasteiger charge is -2.08. The Labute approximate surface area is 154 Å². The summed E-state index contributed by atoms with van der Waals surface area (Å²) in [5.41, 5.74) is 3.52. The first-order chi connectivity index (χ1) is 12.6. The van der Waals surface area contributed by atoms with Gasteiger partial charge in [-0.25, -0.2) is 4.98 Å². The van der Waals surface area contributed by atoms with E-state index in [4.69, 9.17) is 0 Å². The van der Waals surface area contributed by atoms with Crippen LogP contribution in [0.2, 0.25) is 0 Å². The fraction of sp³-hybridized carbons (Fsp3) is 0.222. The first-order valence-electron chi connectivity index (χ1n) is 8.25. The molecule has 7 nitrogen and oxygen atoms in total. The van der Waals surface area contributed by atoms with Gasteiger partial charge in [0, 0.05) is 36.2 Å². The number of nitrogens with zero attached hydrogens (tertiary/aromatic N) is 3. The van der Waals surface area contributed by atoms with Crippen molar-refractivity contribution >= 4 is 28.3 Å². The number of amides is 2. The van der Waals surface area contributed by atoms with Gasteiger partial charge in [0.25, 0.3) is 0 Å². The van der Waals surface area contributed by atoms with Crippen molar-refractivity contribution in [3.8, 4) is 22.5 Å². The van der Waals surface area contributed by atoms with Crippen molar-refractivity contribution in [2.45, 2.75) is 18.9 Å². The number of anilines is 1. The molecule has 2 amide bonds. The highest BCUT2D eigenvalue weighted by Gasteiger charge is 2.27. The molecule has 0 unspecified atom stereocenters. The highest BCUT2D eigenvalue weighted by atomic mass is 32.1. The van der Waals surface area contributed by atoms with Crippen molar-refractivity contribution in [3.63, 3.8) is 0 Å². The number of aryl methyl sites for hydroxylation is 1. The quantitative estimate of drug-likeness (QED) is 0.741. The second-order valence-electron chi connectivity index (χ2n) is 6.12. The maximum atomic E-state index is 12.2. The van der Waals surface area contributed by atoms with Crippen LogP contribution >= 0.6 is 11.3 Å². The lowest BCUT2D eigenvalue weighted by molar-refractivity contribution is -0.122. The third kappa shape index (κ3) is 3.23. The minimum Gasteiger partial charge on any atom is -0.344 e. The number of nitrogens with one attached hydrogen (secondary N) is 2. The molecule has 0 aliphatic carbocycles. The van der Waals surface area contributed by atoms with E-state index in [2.05, 4.69) is 20.7 Å². The molecule has 8 heteroatoms. The van der Waals surface area contributed by atoms with Gasteiger partial charge in [0.1, 0.15) is 11.7 Å².